The molecule has 0 bridgehead atoms. The first-order chi connectivity index (χ1) is 14.6. The number of carboxylic acids is 1. The normalized spacial score (nSPS) is 10.7. The van der Waals surface area contributed by atoms with E-state index in [4.69, 9.17) is 9.84 Å². The van der Waals surface area contributed by atoms with E-state index in [1.807, 2.05) is 43.5 Å². The summed E-state index contributed by atoms with van der Waals surface area (Å²) in [5.41, 5.74) is 4.99. The predicted molar refractivity (Wildman–Crippen MR) is 114 cm³/mol. The Labute approximate surface area is 173 Å². The van der Waals surface area contributed by atoms with E-state index >= 15 is 0 Å². The van der Waals surface area contributed by atoms with Crippen molar-refractivity contribution in [2.75, 3.05) is 6.61 Å². The van der Waals surface area contributed by atoms with Gasteiger partial charge in [-0.15, -0.1) is 0 Å². The lowest BCUT2D eigenvalue weighted by Crippen LogP contribution is -2.09. The van der Waals surface area contributed by atoms with Gasteiger partial charge in [-0.3, -0.25) is 4.98 Å². The lowest BCUT2D eigenvalue weighted by Gasteiger charge is -2.13. The van der Waals surface area contributed by atoms with Crippen LogP contribution in [-0.2, 0) is 6.54 Å². The molecule has 0 radical (unpaired) electrons. The van der Waals surface area contributed by atoms with E-state index in [-0.39, 0.29) is 5.56 Å². The number of nitrogens with zero attached hydrogens (tertiary/aromatic N) is 3. The zero-order valence-corrected chi connectivity index (χ0v) is 16.4. The number of benzene rings is 2. The lowest BCUT2D eigenvalue weighted by molar-refractivity contribution is 0.0697. The van der Waals surface area contributed by atoms with Crippen molar-refractivity contribution in [3.63, 3.8) is 0 Å². The molecule has 0 amide bonds. The van der Waals surface area contributed by atoms with Crippen molar-refractivity contribution in [3.8, 4) is 23.1 Å². The summed E-state index contributed by atoms with van der Waals surface area (Å²) in [4.78, 5) is 15.2. The molecule has 0 aliphatic rings. The number of nitriles is 1. The van der Waals surface area contributed by atoms with Gasteiger partial charge in [0.1, 0.15) is 12.4 Å². The van der Waals surface area contributed by atoms with Gasteiger partial charge in [0.15, 0.2) is 0 Å². The van der Waals surface area contributed by atoms with Crippen LogP contribution in [0.5, 0.6) is 5.75 Å². The minimum atomic E-state index is -0.964. The first-order valence-electron chi connectivity index (χ1n) is 9.48. The van der Waals surface area contributed by atoms with E-state index < -0.39 is 5.97 Å². The number of aromatic carboxylic acids is 1. The van der Waals surface area contributed by atoms with Crippen molar-refractivity contribution in [2.24, 2.45) is 0 Å². The lowest BCUT2D eigenvalue weighted by atomic mass is 10.1. The topological polar surface area (TPSA) is 88.1 Å². The summed E-state index contributed by atoms with van der Waals surface area (Å²) < 4.78 is 8.03. The van der Waals surface area contributed by atoms with Gasteiger partial charge in [0.25, 0.3) is 0 Å². The van der Waals surface area contributed by atoms with Crippen LogP contribution < -0.4 is 4.74 Å². The number of aromatic nitrogens is 2. The van der Waals surface area contributed by atoms with Crippen molar-refractivity contribution < 1.29 is 14.6 Å². The molecule has 6 heteroatoms. The van der Waals surface area contributed by atoms with Crippen LogP contribution in [0.15, 0.2) is 67.0 Å². The molecular weight excluding hydrogens is 378 g/mol. The second-order valence-electron chi connectivity index (χ2n) is 6.89. The van der Waals surface area contributed by atoms with Crippen LogP contribution in [0, 0.1) is 18.3 Å². The molecule has 6 nitrogen and oxygen atoms in total. The van der Waals surface area contributed by atoms with Gasteiger partial charge in [0.05, 0.1) is 29.4 Å². The maximum absolute atomic E-state index is 11.0. The first kappa shape index (κ1) is 19.2. The summed E-state index contributed by atoms with van der Waals surface area (Å²) in [7, 11) is 0. The minimum absolute atomic E-state index is 0.224. The van der Waals surface area contributed by atoms with E-state index in [1.165, 1.54) is 12.1 Å². The molecule has 0 saturated carbocycles. The average Bonchev–Trinajstić information content (AvgIpc) is 3.05. The molecule has 2 heterocycles. The molecule has 0 fully saturated rings. The predicted octanol–water partition coefficient (Wildman–Crippen LogP) is 4.66. The molecule has 0 atom stereocenters. The van der Waals surface area contributed by atoms with Gasteiger partial charge < -0.3 is 14.4 Å². The fraction of sp³-hybridized carbons (Fsp3) is 0.125. The Bertz CT molecular complexity index is 1250. The van der Waals surface area contributed by atoms with Crippen molar-refractivity contribution >= 4 is 16.9 Å². The number of ether oxygens (including phenoxy) is 1. The number of rotatable bonds is 6. The molecule has 2 aromatic heterocycles. The number of hydrogen-bond donors (Lipinski definition) is 1. The highest BCUT2D eigenvalue weighted by Gasteiger charge is 2.16. The largest absolute Gasteiger partial charge is 0.492 e. The third-order valence-electron chi connectivity index (χ3n) is 5.07. The van der Waals surface area contributed by atoms with Crippen LogP contribution in [0.25, 0.3) is 22.2 Å². The number of fused-ring (bicyclic) bond motifs is 1. The van der Waals surface area contributed by atoms with Crippen LogP contribution in [0.1, 0.15) is 21.5 Å². The Kier molecular flexibility index (Phi) is 5.19. The van der Waals surface area contributed by atoms with Gasteiger partial charge in [-0.1, -0.05) is 0 Å². The van der Waals surface area contributed by atoms with Gasteiger partial charge in [-0.05, 0) is 67.1 Å². The molecule has 0 aliphatic heterocycles. The summed E-state index contributed by atoms with van der Waals surface area (Å²) in [6.07, 6.45) is 3.57. The Balaban J connectivity index is 1.67. The fourth-order valence-corrected chi connectivity index (χ4v) is 3.65. The van der Waals surface area contributed by atoms with E-state index in [9.17, 15) is 10.1 Å². The first-order valence-corrected chi connectivity index (χ1v) is 9.48. The van der Waals surface area contributed by atoms with E-state index in [0.717, 1.165) is 27.7 Å². The summed E-state index contributed by atoms with van der Waals surface area (Å²) in [6, 6.07) is 18.2. The summed E-state index contributed by atoms with van der Waals surface area (Å²) in [5.74, 6) is -0.350. The van der Waals surface area contributed by atoms with Gasteiger partial charge in [0, 0.05) is 28.9 Å². The number of carboxylic acid groups (broad SMARTS) is 1. The Morgan fingerprint density at radius 3 is 2.67 bits per heavy atom. The highest BCUT2D eigenvalue weighted by molar-refractivity contribution is 5.92. The standard InChI is InChI=1S/C24H19N3O3/c1-16-21-13-17(14-25)4-9-22(21)27(23(16)19-3-2-10-26-15-19)11-12-30-20-7-5-18(6-8-20)24(28)29/h2-10,13,15H,11-12H2,1H3,(H,28,29). The quantitative estimate of drug-likeness (QED) is 0.511. The minimum Gasteiger partial charge on any atom is -0.492 e. The van der Waals surface area contributed by atoms with Crippen LogP contribution in [0.3, 0.4) is 0 Å². The fourth-order valence-electron chi connectivity index (χ4n) is 3.65. The second kappa shape index (κ2) is 8.10. The van der Waals surface area contributed by atoms with E-state index in [0.29, 0.717) is 24.5 Å². The Hall–Kier alpha value is -4.11. The number of aryl methyl sites for hydroxylation is 1. The smallest absolute Gasteiger partial charge is 0.335 e. The van der Waals surface area contributed by atoms with Crippen LogP contribution in [-0.4, -0.2) is 27.2 Å². The molecule has 0 unspecified atom stereocenters. The highest BCUT2D eigenvalue weighted by atomic mass is 16.5. The summed E-state index contributed by atoms with van der Waals surface area (Å²) >= 11 is 0. The average molecular weight is 397 g/mol. The number of hydrogen-bond acceptors (Lipinski definition) is 4. The van der Waals surface area contributed by atoms with Gasteiger partial charge in [-0.25, -0.2) is 4.79 Å². The van der Waals surface area contributed by atoms with Crippen molar-refractivity contribution in [1.29, 1.82) is 5.26 Å². The summed E-state index contributed by atoms with van der Waals surface area (Å²) in [5, 5.41) is 19.3. The van der Waals surface area contributed by atoms with Crippen molar-refractivity contribution in [3.05, 3.63) is 83.7 Å². The van der Waals surface area contributed by atoms with Crippen LogP contribution in [0.4, 0.5) is 0 Å². The molecule has 1 N–H and O–H groups in total. The zero-order chi connectivity index (χ0) is 21.1. The highest BCUT2D eigenvalue weighted by Crippen LogP contribution is 2.33. The Morgan fingerprint density at radius 1 is 1.20 bits per heavy atom. The maximum Gasteiger partial charge on any atom is 0.335 e. The molecule has 0 saturated heterocycles. The van der Waals surface area contributed by atoms with Gasteiger partial charge in [-0.2, -0.15) is 5.26 Å². The van der Waals surface area contributed by atoms with Gasteiger partial charge in [0.2, 0.25) is 0 Å². The van der Waals surface area contributed by atoms with Gasteiger partial charge >= 0.3 is 5.97 Å². The molecule has 2 aromatic carbocycles. The van der Waals surface area contributed by atoms with Crippen LogP contribution in [0.2, 0.25) is 0 Å². The van der Waals surface area contributed by atoms with Crippen molar-refractivity contribution in [1.82, 2.24) is 9.55 Å². The molecule has 0 aliphatic carbocycles. The van der Waals surface area contributed by atoms with E-state index in [2.05, 4.69) is 15.6 Å². The molecule has 4 rings (SSSR count). The molecule has 4 aromatic rings. The van der Waals surface area contributed by atoms with Crippen molar-refractivity contribution in [2.45, 2.75) is 13.5 Å². The second-order valence-corrected chi connectivity index (χ2v) is 6.89. The maximum atomic E-state index is 11.0. The van der Waals surface area contributed by atoms with Crippen LogP contribution >= 0.6 is 0 Å². The SMILES string of the molecule is Cc1c(-c2cccnc2)n(CCOc2ccc(C(=O)O)cc2)c2ccc(C#N)cc12. The molecule has 148 valence electrons. The molecular formula is C24H19N3O3. The number of carbonyl (C=O) groups is 1. The number of pyridine rings is 1. The zero-order valence-electron chi connectivity index (χ0n) is 16.4. The summed E-state index contributed by atoms with van der Waals surface area (Å²) in [6.45, 7) is 3.04. The monoisotopic (exact) mass is 397 g/mol. The third kappa shape index (κ3) is 3.61. The Morgan fingerprint density at radius 2 is 2.00 bits per heavy atom. The van der Waals surface area contributed by atoms with E-state index in [1.54, 1.807) is 18.3 Å². The third-order valence-corrected chi connectivity index (χ3v) is 5.07. The molecule has 0 spiro atoms. The molecule has 30 heavy (non-hydrogen) atoms.